The Bertz CT molecular complexity index is 293. The van der Waals surface area contributed by atoms with Crippen LogP contribution in [0.1, 0.15) is 11.7 Å². The third-order valence-electron chi connectivity index (χ3n) is 1.29. The summed E-state index contributed by atoms with van der Waals surface area (Å²) in [6, 6.07) is 1.87. The molecule has 1 atom stereocenters. The van der Waals surface area contributed by atoms with Gasteiger partial charge in [-0.25, -0.2) is 9.97 Å². The highest BCUT2D eigenvalue weighted by molar-refractivity contribution is 6.30. The maximum Gasteiger partial charge on any atom is 0.147 e. The molecule has 0 saturated carbocycles. The molecule has 0 amide bonds. The lowest BCUT2D eigenvalue weighted by molar-refractivity contribution is 0.282. The minimum absolute atomic E-state index is 0.280. The average molecular weight is 184 g/mol. The SMILES string of the molecule is N#CC(CO)c1ncc(Cl)cn1. The second-order valence-electron chi connectivity index (χ2n) is 2.12. The molecular formula is C7H6ClN3O. The van der Waals surface area contributed by atoms with E-state index in [0.29, 0.717) is 10.8 Å². The molecule has 5 heteroatoms. The summed E-state index contributed by atoms with van der Waals surface area (Å²) in [6.45, 7) is -0.280. The van der Waals surface area contributed by atoms with Crippen LogP contribution in [0.4, 0.5) is 0 Å². The molecule has 0 aromatic carbocycles. The van der Waals surface area contributed by atoms with E-state index in [-0.39, 0.29) is 6.61 Å². The van der Waals surface area contributed by atoms with Crippen molar-refractivity contribution in [2.24, 2.45) is 0 Å². The van der Waals surface area contributed by atoms with Crippen molar-refractivity contribution < 1.29 is 5.11 Å². The third kappa shape index (κ3) is 1.91. The average Bonchev–Trinajstić information content (AvgIpc) is 2.10. The molecule has 1 N–H and O–H groups in total. The van der Waals surface area contributed by atoms with E-state index >= 15 is 0 Å². The Morgan fingerprint density at radius 1 is 1.58 bits per heavy atom. The standard InChI is InChI=1S/C7H6ClN3O/c8-6-2-10-7(11-3-6)5(1-9)4-12/h2-3,5,12H,4H2. The van der Waals surface area contributed by atoms with Gasteiger partial charge in [0.05, 0.1) is 17.7 Å². The van der Waals surface area contributed by atoms with Crippen molar-refractivity contribution in [3.63, 3.8) is 0 Å². The Labute approximate surface area is 74.5 Å². The van der Waals surface area contributed by atoms with Crippen molar-refractivity contribution in [2.75, 3.05) is 6.61 Å². The Morgan fingerprint density at radius 3 is 2.58 bits per heavy atom. The Hall–Kier alpha value is -1.18. The fourth-order valence-electron chi connectivity index (χ4n) is 0.682. The van der Waals surface area contributed by atoms with Gasteiger partial charge in [-0.1, -0.05) is 11.6 Å². The van der Waals surface area contributed by atoms with Gasteiger partial charge in [-0.15, -0.1) is 0 Å². The van der Waals surface area contributed by atoms with Crippen LogP contribution in [0.5, 0.6) is 0 Å². The topological polar surface area (TPSA) is 69.8 Å². The van der Waals surface area contributed by atoms with Crippen LogP contribution in [0.25, 0.3) is 0 Å². The van der Waals surface area contributed by atoms with Gasteiger partial charge in [-0.05, 0) is 0 Å². The summed E-state index contributed by atoms with van der Waals surface area (Å²) in [5.41, 5.74) is 0. The zero-order valence-corrected chi connectivity index (χ0v) is 6.86. The zero-order chi connectivity index (χ0) is 8.97. The van der Waals surface area contributed by atoms with Gasteiger partial charge in [-0.3, -0.25) is 0 Å². The maximum atomic E-state index is 8.71. The van der Waals surface area contributed by atoms with Crippen molar-refractivity contribution >= 4 is 11.6 Å². The Balaban J connectivity index is 2.89. The quantitative estimate of drug-likeness (QED) is 0.734. The maximum absolute atomic E-state index is 8.71. The van der Waals surface area contributed by atoms with Gasteiger partial charge in [0.25, 0.3) is 0 Å². The van der Waals surface area contributed by atoms with Crippen LogP contribution in [-0.4, -0.2) is 21.7 Å². The van der Waals surface area contributed by atoms with Gasteiger partial charge < -0.3 is 5.11 Å². The number of aliphatic hydroxyl groups is 1. The molecule has 0 fully saturated rings. The summed E-state index contributed by atoms with van der Waals surface area (Å²) in [5, 5.41) is 17.6. The first-order valence-electron chi connectivity index (χ1n) is 3.26. The number of hydrogen-bond donors (Lipinski definition) is 1. The second-order valence-corrected chi connectivity index (χ2v) is 2.56. The lowest BCUT2D eigenvalue weighted by Gasteiger charge is -2.01. The van der Waals surface area contributed by atoms with Crippen LogP contribution in [0.2, 0.25) is 5.02 Å². The highest BCUT2D eigenvalue weighted by Gasteiger charge is 2.11. The zero-order valence-electron chi connectivity index (χ0n) is 6.11. The van der Waals surface area contributed by atoms with E-state index in [9.17, 15) is 0 Å². The van der Waals surface area contributed by atoms with E-state index in [2.05, 4.69) is 9.97 Å². The summed E-state index contributed by atoms with van der Waals surface area (Å²) in [6.07, 6.45) is 2.79. The minimum Gasteiger partial charge on any atom is -0.395 e. The van der Waals surface area contributed by atoms with Crippen molar-refractivity contribution in [1.82, 2.24) is 9.97 Å². The summed E-state index contributed by atoms with van der Waals surface area (Å²) < 4.78 is 0. The predicted molar refractivity (Wildman–Crippen MR) is 42.5 cm³/mol. The molecule has 0 radical (unpaired) electrons. The van der Waals surface area contributed by atoms with Crippen molar-refractivity contribution in [1.29, 1.82) is 5.26 Å². The molecule has 0 saturated heterocycles. The monoisotopic (exact) mass is 183 g/mol. The molecule has 0 aliphatic heterocycles. The molecular weight excluding hydrogens is 178 g/mol. The number of nitrogens with zero attached hydrogens (tertiary/aromatic N) is 3. The predicted octanol–water partition coefficient (Wildman–Crippen LogP) is 0.729. The molecule has 62 valence electrons. The van der Waals surface area contributed by atoms with Crippen LogP contribution >= 0.6 is 11.6 Å². The molecule has 0 aliphatic carbocycles. The summed E-state index contributed by atoms with van der Waals surface area (Å²) in [7, 11) is 0. The van der Waals surface area contributed by atoms with E-state index in [1.165, 1.54) is 12.4 Å². The molecule has 1 aromatic rings. The highest BCUT2D eigenvalue weighted by Crippen LogP contribution is 2.10. The van der Waals surface area contributed by atoms with Crippen molar-refractivity contribution in [3.8, 4) is 6.07 Å². The molecule has 1 aromatic heterocycles. The van der Waals surface area contributed by atoms with Crippen LogP contribution in [0, 0.1) is 11.3 Å². The van der Waals surface area contributed by atoms with E-state index in [1.807, 2.05) is 6.07 Å². The number of rotatable bonds is 2. The van der Waals surface area contributed by atoms with Crippen LogP contribution < -0.4 is 0 Å². The van der Waals surface area contributed by atoms with Gasteiger partial charge in [0.2, 0.25) is 0 Å². The summed E-state index contributed by atoms with van der Waals surface area (Å²) >= 11 is 5.53. The van der Waals surface area contributed by atoms with Crippen molar-refractivity contribution in [3.05, 3.63) is 23.2 Å². The first-order chi connectivity index (χ1) is 5.77. The first kappa shape index (κ1) is 8.91. The molecule has 12 heavy (non-hydrogen) atoms. The fraction of sp³-hybridized carbons (Fsp3) is 0.286. The van der Waals surface area contributed by atoms with Gasteiger partial charge in [-0.2, -0.15) is 5.26 Å². The third-order valence-corrected chi connectivity index (χ3v) is 1.49. The number of aromatic nitrogens is 2. The Kier molecular flexibility index (Phi) is 2.97. The number of nitriles is 1. The van der Waals surface area contributed by atoms with E-state index in [4.69, 9.17) is 22.0 Å². The van der Waals surface area contributed by atoms with E-state index < -0.39 is 5.92 Å². The van der Waals surface area contributed by atoms with Crippen LogP contribution in [0.3, 0.4) is 0 Å². The summed E-state index contributed by atoms with van der Waals surface area (Å²) in [5.74, 6) is -0.369. The van der Waals surface area contributed by atoms with E-state index in [0.717, 1.165) is 0 Å². The molecule has 0 spiro atoms. The first-order valence-corrected chi connectivity index (χ1v) is 3.63. The second kappa shape index (κ2) is 4.00. The number of aliphatic hydroxyl groups excluding tert-OH is 1. The molecule has 0 bridgehead atoms. The molecule has 4 nitrogen and oxygen atoms in total. The Morgan fingerprint density at radius 2 is 2.17 bits per heavy atom. The molecule has 1 heterocycles. The number of hydrogen-bond acceptors (Lipinski definition) is 4. The van der Waals surface area contributed by atoms with Crippen LogP contribution in [-0.2, 0) is 0 Å². The van der Waals surface area contributed by atoms with Gasteiger partial charge in [0, 0.05) is 12.4 Å². The van der Waals surface area contributed by atoms with Gasteiger partial charge in [0.1, 0.15) is 11.7 Å². The minimum atomic E-state index is -0.665. The largest absolute Gasteiger partial charge is 0.395 e. The molecule has 1 unspecified atom stereocenters. The van der Waals surface area contributed by atoms with Gasteiger partial charge in [0.15, 0.2) is 0 Å². The normalized spacial score (nSPS) is 12.1. The van der Waals surface area contributed by atoms with Crippen LogP contribution in [0.15, 0.2) is 12.4 Å². The molecule has 1 rings (SSSR count). The lowest BCUT2D eigenvalue weighted by atomic mass is 10.2. The lowest BCUT2D eigenvalue weighted by Crippen LogP contribution is -2.05. The van der Waals surface area contributed by atoms with Gasteiger partial charge >= 0.3 is 0 Å². The van der Waals surface area contributed by atoms with Crippen molar-refractivity contribution in [2.45, 2.75) is 5.92 Å². The highest BCUT2D eigenvalue weighted by atomic mass is 35.5. The number of halogens is 1. The van der Waals surface area contributed by atoms with E-state index in [1.54, 1.807) is 0 Å². The smallest absolute Gasteiger partial charge is 0.147 e. The summed E-state index contributed by atoms with van der Waals surface area (Å²) in [4.78, 5) is 7.59. The molecule has 0 aliphatic rings. The fourth-order valence-corrected chi connectivity index (χ4v) is 0.780.